The molecule has 0 bridgehead atoms. The van der Waals surface area contributed by atoms with Gasteiger partial charge in [-0.3, -0.25) is 0 Å². The van der Waals surface area contributed by atoms with Gasteiger partial charge in [-0.2, -0.15) is 0 Å². The zero-order valence-corrected chi connectivity index (χ0v) is 11.8. The Morgan fingerprint density at radius 1 is 1.15 bits per heavy atom. The molecule has 0 spiro atoms. The molecule has 0 radical (unpaired) electrons. The molecule has 2 aromatic rings. The smallest absolute Gasteiger partial charge is 0.328 e. The Morgan fingerprint density at radius 2 is 1.85 bits per heavy atom. The zero-order chi connectivity index (χ0) is 14.5. The fraction of sp³-hybridized carbons (Fsp3) is 0.235. The number of rotatable bonds is 4. The molecule has 0 aliphatic carbocycles. The number of hydrogen-bond donors (Lipinski definition) is 1. The van der Waals surface area contributed by atoms with Gasteiger partial charge in [-0.1, -0.05) is 48.0 Å². The van der Waals surface area contributed by atoms with Gasteiger partial charge in [0.25, 0.3) is 0 Å². The molecule has 1 atom stereocenters. The molecule has 2 aromatic carbocycles. The lowest BCUT2D eigenvalue weighted by Gasteiger charge is -2.13. The summed E-state index contributed by atoms with van der Waals surface area (Å²) in [5, 5.41) is 0. The summed E-state index contributed by atoms with van der Waals surface area (Å²) in [6.07, 6.45) is 0.477. The number of benzene rings is 2. The van der Waals surface area contributed by atoms with Crippen molar-refractivity contribution in [3.05, 3.63) is 65.2 Å². The predicted molar refractivity (Wildman–Crippen MR) is 79.7 cm³/mol. The van der Waals surface area contributed by atoms with E-state index in [1.54, 1.807) is 6.07 Å². The van der Waals surface area contributed by atoms with E-state index in [1.165, 1.54) is 0 Å². The number of esters is 1. The Morgan fingerprint density at radius 3 is 2.50 bits per heavy atom. The summed E-state index contributed by atoms with van der Waals surface area (Å²) in [7, 11) is 0. The molecule has 0 fully saturated rings. The lowest BCUT2D eigenvalue weighted by molar-refractivity contribution is -0.135. The van der Waals surface area contributed by atoms with Crippen LogP contribution in [0.5, 0.6) is 5.75 Å². The molecule has 0 saturated heterocycles. The highest BCUT2D eigenvalue weighted by atomic mass is 16.5. The van der Waals surface area contributed by atoms with Crippen LogP contribution in [0.25, 0.3) is 0 Å². The molecule has 2 N–H and O–H groups in total. The van der Waals surface area contributed by atoms with E-state index in [0.717, 1.165) is 16.7 Å². The van der Waals surface area contributed by atoms with Crippen LogP contribution >= 0.6 is 0 Å². The van der Waals surface area contributed by atoms with Crippen LogP contribution in [0.15, 0.2) is 48.5 Å². The minimum atomic E-state index is -0.655. The SMILES string of the molecule is Cc1ccc(OC(=O)C(N)Cc2ccccc2)c(C)c1. The molecule has 0 aromatic heterocycles. The van der Waals surface area contributed by atoms with Crippen molar-refractivity contribution < 1.29 is 9.53 Å². The zero-order valence-electron chi connectivity index (χ0n) is 11.8. The Kier molecular flexibility index (Phi) is 4.53. The molecule has 0 amide bonds. The fourth-order valence-corrected chi connectivity index (χ4v) is 2.05. The summed E-state index contributed by atoms with van der Waals surface area (Å²) >= 11 is 0. The van der Waals surface area contributed by atoms with Gasteiger partial charge in [-0.05, 0) is 37.5 Å². The second-order valence-electron chi connectivity index (χ2n) is 4.99. The van der Waals surface area contributed by atoms with Crippen molar-refractivity contribution >= 4 is 5.97 Å². The number of nitrogens with two attached hydrogens (primary N) is 1. The van der Waals surface area contributed by atoms with Crippen LogP contribution in [-0.4, -0.2) is 12.0 Å². The van der Waals surface area contributed by atoms with Crippen molar-refractivity contribution in [2.75, 3.05) is 0 Å². The Balaban J connectivity index is 2.01. The lowest BCUT2D eigenvalue weighted by atomic mass is 10.1. The number of aryl methyl sites for hydroxylation is 2. The first-order valence-corrected chi connectivity index (χ1v) is 6.64. The molecule has 0 heterocycles. The maximum absolute atomic E-state index is 12.0. The highest BCUT2D eigenvalue weighted by Crippen LogP contribution is 2.19. The third-order valence-corrected chi connectivity index (χ3v) is 3.14. The number of carbonyl (C=O) groups is 1. The van der Waals surface area contributed by atoms with Gasteiger partial charge in [0.1, 0.15) is 11.8 Å². The van der Waals surface area contributed by atoms with Crippen molar-refractivity contribution in [3.63, 3.8) is 0 Å². The largest absolute Gasteiger partial charge is 0.425 e. The van der Waals surface area contributed by atoms with Gasteiger partial charge in [0.2, 0.25) is 0 Å². The van der Waals surface area contributed by atoms with Crippen LogP contribution in [0.1, 0.15) is 16.7 Å². The Hall–Kier alpha value is -2.13. The average Bonchev–Trinajstić information content (AvgIpc) is 2.43. The summed E-state index contributed by atoms with van der Waals surface area (Å²) in [6.45, 7) is 3.91. The van der Waals surface area contributed by atoms with Crippen molar-refractivity contribution in [2.45, 2.75) is 26.3 Å². The van der Waals surface area contributed by atoms with Crippen LogP contribution in [0.4, 0.5) is 0 Å². The predicted octanol–water partition coefficient (Wildman–Crippen LogP) is 2.78. The standard InChI is InChI=1S/C17H19NO2/c1-12-8-9-16(13(2)10-12)20-17(19)15(18)11-14-6-4-3-5-7-14/h3-10,15H,11,18H2,1-2H3. The molecule has 1 unspecified atom stereocenters. The fourth-order valence-electron chi connectivity index (χ4n) is 2.05. The Labute approximate surface area is 119 Å². The third kappa shape index (κ3) is 3.68. The molecule has 0 aliphatic heterocycles. The number of hydrogen-bond acceptors (Lipinski definition) is 3. The molecule has 20 heavy (non-hydrogen) atoms. The second kappa shape index (κ2) is 6.35. The molecular formula is C17H19NO2. The van der Waals surface area contributed by atoms with E-state index in [1.807, 2.05) is 56.3 Å². The lowest BCUT2D eigenvalue weighted by Crippen LogP contribution is -2.36. The van der Waals surface area contributed by atoms with E-state index in [-0.39, 0.29) is 0 Å². The molecule has 3 heteroatoms. The van der Waals surface area contributed by atoms with Gasteiger partial charge < -0.3 is 10.5 Å². The highest BCUT2D eigenvalue weighted by Gasteiger charge is 2.17. The summed E-state index contributed by atoms with van der Waals surface area (Å²) < 4.78 is 5.37. The Bertz CT molecular complexity index is 593. The molecule has 0 saturated carbocycles. The molecular weight excluding hydrogens is 250 g/mol. The minimum absolute atomic E-state index is 0.402. The maximum Gasteiger partial charge on any atom is 0.328 e. The van der Waals surface area contributed by atoms with E-state index in [0.29, 0.717) is 12.2 Å². The van der Waals surface area contributed by atoms with E-state index < -0.39 is 12.0 Å². The topological polar surface area (TPSA) is 52.3 Å². The maximum atomic E-state index is 12.0. The first-order chi connectivity index (χ1) is 9.56. The van der Waals surface area contributed by atoms with E-state index in [4.69, 9.17) is 10.5 Å². The van der Waals surface area contributed by atoms with E-state index in [9.17, 15) is 4.79 Å². The third-order valence-electron chi connectivity index (χ3n) is 3.14. The van der Waals surface area contributed by atoms with Crippen molar-refractivity contribution in [3.8, 4) is 5.75 Å². The number of ether oxygens (including phenoxy) is 1. The average molecular weight is 269 g/mol. The van der Waals surface area contributed by atoms with Crippen LogP contribution in [0, 0.1) is 13.8 Å². The van der Waals surface area contributed by atoms with Crippen molar-refractivity contribution in [2.24, 2.45) is 5.73 Å². The molecule has 104 valence electrons. The summed E-state index contributed by atoms with van der Waals surface area (Å²) in [6, 6.07) is 14.7. The van der Waals surface area contributed by atoms with Crippen LogP contribution in [0.3, 0.4) is 0 Å². The van der Waals surface area contributed by atoms with Gasteiger partial charge in [0.05, 0.1) is 0 Å². The van der Waals surface area contributed by atoms with Gasteiger partial charge >= 0.3 is 5.97 Å². The normalized spacial score (nSPS) is 11.9. The van der Waals surface area contributed by atoms with Crippen molar-refractivity contribution in [1.29, 1.82) is 0 Å². The monoisotopic (exact) mass is 269 g/mol. The van der Waals surface area contributed by atoms with Gasteiger partial charge in [0, 0.05) is 0 Å². The first kappa shape index (κ1) is 14.3. The summed E-state index contributed by atoms with van der Waals surface area (Å²) in [4.78, 5) is 12.0. The summed E-state index contributed by atoms with van der Waals surface area (Å²) in [5.74, 6) is 0.171. The van der Waals surface area contributed by atoms with Gasteiger partial charge in [-0.25, -0.2) is 4.79 Å². The van der Waals surface area contributed by atoms with E-state index >= 15 is 0 Å². The first-order valence-electron chi connectivity index (χ1n) is 6.64. The molecule has 0 aliphatic rings. The summed E-state index contributed by atoms with van der Waals surface area (Å²) in [5.41, 5.74) is 9.00. The minimum Gasteiger partial charge on any atom is -0.425 e. The van der Waals surface area contributed by atoms with Crippen LogP contribution < -0.4 is 10.5 Å². The second-order valence-corrected chi connectivity index (χ2v) is 4.99. The quantitative estimate of drug-likeness (QED) is 0.686. The molecule has 2 rings (SSSR count). The van der Waals surface area contributed by atoms with Crippen LogP contribution in [0.2, 0.25) is 0 Å². The number of carbonyl (C=O) groups excluding carboxylic acids is 1. The van der Waals surface area contributed by atoms with Gasteiger partial charge in [-0.15, -0.1) is 0 Å². The van der Waals surface area contributed by atoms with Crippen LogP contribution in [-0.2, 0) is 11.2 Å². The highest BCUT2D eigenvalue weighted by molar-refractivity contribution is 5.78. The van der Waals surface area contributed by atoms with Gasteiger partial charge in [0.15, 0.2) is 0 Å². The van der Waals surface area contributed by atoms with E-state index in [2.05, 4.69) is 0 Å². The van der Waals surface area contributed by atoms with Crippen molar-refractivity contribution in [1.82, 2.24) is 0 Å². The molecule has 3 nitrogen and oxygen atoms in total.